The number of benzene rings is 6. The first-order valence-electron chi connectivity index (χ1n) is 14.2. The van der Waals surface area contributed by atoms with Crippen LogP contribution < -0.4 is 0 Å². The predicted octanol–water partition coefficient (Wildman–Crippen LogP) is 10.4. The summed E-state index contributed by atoms with van der Waals surface area (Å²) in [5, 5.41) is 2.59. The highest BCUT2D eigenvalue weighted by Gasteiger charge is 2.52. The molecule has 0 heterocycles. The van der Waals surface area contributed by atoms with E-state index >= 15 is 0 Å². The molecule has 0 amide bonds. The molecule has 2 aliphatic carbocycles. The Bertz CT molecular complexity index is 1970. The lowest BCUT2D eigenvalue weighted by Gasteiger charge is -2.34. The molecule has 2 aliphatic rings. The van der Waals surface area contributed by atoms with E-state index < -0.39 is 0 Å². The fourth-order valence-corrected chi connectivity index (χ4v) is 7.48. The maximum Gasteiger partial charge on any atom is 0.0728 e. The monoisotopic (exact) mass is 510 g/mol. The molecule has 0 aromatic heterocycles. The standard InChI is InChI=1S/C40H30/c1-25-16-18-28(19-17-25)31-20-21-32(26(2)22-31)39-27(3)35-23-29-10-4-5-11-30(29)24-38(35)40(39)36-14-8-6-12-33(36)34-13-7-9-15-37(34)40/h4-24H,1-3H3. The fourth-order valence-electron chi connectivity index (χ4n) is 7.48. The van der Waals surface area contributed by atoms with Crippen LogP contribution in [-0.2, 0) is 5.41 Å². The van der Waals surface area contributed by atoms with Crippen molar-refractivity contribution in [2.75, 3.05) is 0 Å². The molecular formula is C40H30. The minimum absolute atomic E-state index is 0.354. The quantitative estimate of drug-likeness (QED) is 0.217. The molecule has 0 radical (unpaired) electrons. The molecule has 0 bridgehead atoms. The van der Waals surface area contributed by atoms with Crippen LogP contribution in [-0.4, -0.2) is 0 Å². The number of rotatable bonds is 2. The molecule has 6 aromatic carbocycles. The summed E-state index contributed by atoms with van der Waals surface area (Å²) in [5.41, 5.74) is 17.1. The highest BCUT2D eigenvalue weighted by atomic mass is 14.5. The number of fused-ring (bicyclic) bond motifs is 8. The van der Waals surface area contributed by atoms with E-state index in [4.69, 9.17) is 0 Å². The van der Waals surface area contributed by atoms with Crippen molar-refractivity contribution in [3.63, 3.8) is 0 Å². The van der Waals surface area contributed by atoms with Crippen LogP contribution in [0.4, 0.5) is 0 Å². The maximum absolute atomic E-state index is 2.47. The zero-order chi connectivity index (χ0) is 27.0. The normalized spacial score (nSPS) is 14.5. The molecule has 0 unspecified atom stereocenters. The molecule has 0 fully saturated rings. The van der Waals surface area contributed by atoms with E-state index in [2.05, 4.69) is 148 Å². The van der Waals surface area contributed by atoms with Crippen molar-refractivity contribution in [1.29, 1.82) is 0 Å². The van der Waals surface area contributed by atoms with Crippen molar-refractivity contribution < 1.29 is 0 Å². The van der Waals surface area contributed by atoms with E-state index in [1.807, 2.05) is 0 Å². The molecule has 1 spiro atoms. The van der Waals surface area contributed by atoms with Gasteiger partial charge in [-0.05, 0) is 110 Å². The van der Waals surface area contributed by atoms with Crippen LogP contribution in [0.15, 0.2) is 127 Å². The lowest BCUT2D eigenvalue weighted by Crippen LogP contribution is -2.27. The van der Waals surface area contributed by atoms with Crippen LogP contribution in [0.25, 0.3) is 44.2 Å². The van der Waals surface area contributed by atoms with E-state index in [0.717, 1.165) is 0 Å². The van der Waals surface area contributed by atoms with Gasteiger partial charge in [-0.2, -0.15) is 0 Å². The van der Waals surface area contributed by atoms with E-state index in [9.17, 15) is 0 Å². The molecule has 0 aliphatic heterocycles. The molecule has 0 atom stereocenters. The molecular weight excluding hydrogens is 480 g/mol. The third-order valence-corrected chi connectivity index (χ3v) is 9.28. The zero-order valence-corrected chi connectivity index (χ0v) is 23.1. The minimum atomic E-state index is -0.354. The molecule has 40 heavy (non-hydrogen) atoms. The van der Waals surface area contributed by atoms with Gasteiger partial charge in [0, 0.05) is 0 Å². The zero-order valence-electron chi connectivity index (χ0n) is 23.1. The van der Waals surface area contributed by atoms with Crippen molar-refractivity contribution in [3.05, 3.63) is 166 Å². The first-order chi connectivity index (χ1) is 19.6. The lowest BCUT2D eigenvalue weighted by molar-refractivity contribution is 0.842. The highest BCUT2D eigenvalue weighted by Crippen LogP contribution is 2.65. The SMILES string of the molecule is CC1=C(c2ccc(-c3ccc(C)cc3)cc2C)C2(c3cc4ccccc4cc31)c1ccccc1-c1ccccc12. The van der Waals surface area contributed by atoms with Crippen molar-refractivity contribution in [1.82, 2.24) is 0 Å². The van der Waals surface area contributed by atoms with Gasteiger partial charge >= 0.3 is 0 Å². The summed E-state index contributed by atoms with van der Waals surface area (Å²) >= 11 is 0. The summed E-state index contributed by atoms with van der Waals surface area (Å²) < 4.78 is 0. The first-order valence-corrected chi connectivity index (χ1v) is 14.2. The average molecular weight is 511 g/mol. The van der Waals surface area contributed by atoms with E-state index in [1.165, 1.54) is 83.1 Å². The third-order valence-electron chi connectivity index (χ3n) is 9.28. The van der Waals surface area contributed by atoms with Crippen molar-refractivity contribution in [2.45, 2.75) is 26.2 Å². The Balaban J connectivity index is 1.46. The molecule has 0 saturated heterocycles. The van der Waals surface area contributed by atoms with Crippen molar-refractivity contribution in [3.8, 4) is 22.3 Å². The molecule has 0 N–H and O–H groups in total. The molecule has 0 saturated carbocycles. The van der Waals surface area contributed by atoms with E-state index in [1.54, 1.807) is 0 Å². The summed E-state index contributed by atoms with van der Waals surface area (Å²) in [7, 11) is 0. The topological polar surface area (TPSA) is 0 Å². The Morgan fingerprint density at radius 1 is 0.425 bits per heavy atom. The van der Waals surface area contributed by atoms with Crippen LogP contribution >= 0.6 is 0 Å². The van der Waals surface area contributed by atoms with Gasteiger partial charge in [-0.15, -0.1) is 0 Å². The fraction of sp³-hybridized carbons (Fsp3) is 0.100. The molecule has 190 valence electrons. The van der Waals surface area contributed by atoms with Crippen molar-refractivity contribution >= 4 is 21.9 Å². The molecule has 8 rings (SSSR count). The van der Waals surface area contributed by atoms with Crippen LogP contribution in [0.1, 0.15) is 45.9 Å². The summed E-state index contributed by atoms with van der Waals surface area (Å²) in [4.78, 5) is 0. The van der Waals surface area contributed by atoms with Crippen LogP contribution in [0.5, 0.6) is 0 Å². The lowest BCUT2D eigenvalue weighted by atomic mass is 9.67. The first kappa shape index (κ1) is 23.2. The number of allylic oxidation sites excluding steroid dienone is 2. The third kappa shape index (κ3) is 3.02. The van der Waals surface area contributed by atoms with Crippen LogP contribution in [0.2, 0.25) is 0 Å². The van der Waals surface area contributed by atoms with Crippen LogP contribution in [0.3, 0.4) is 0 Å². The summed E-state index contributed by atoms with van der Waals surface area (Å²) in [5.74, 6) is 0. The van der Waals surface area contributed by atoms with Crippen LogP contribution in [0, 0.1) is 13.8 Å². The second kappa shape index (κ2) is 8.41. The summed E-state index contributed by atoms with van der Waals surface area (Å²) in [6.45, 7) is 6.77. The van der Waals surface area contributed by atoms with Gasteiger partial charge in [0.1, 0.15) is 0 Å². The second-order valence-corrected chi connectivity index (χ2v) is 11.5. The maximum atomic E-state index is 2.47. The smallest absolute Gasteiger partial charge is 0.0619 e. The van der Waals surface area contributed by atoms with Crippen molar-refractivity contribution in [2.24, 2.45) is 0 Å². The number of hydrogen-bond acceptors (Lipinski definition) is 0. The Morgan fingerprint density at radius 3 is 1.65 bits per heavy atom. The Labute approximate surface area is 236 Å². The van der Waals surface area contributed by atoms with Gasteiger partial charge in [0.2, 0.25) is 0 Å². The van der Waals surface area contributed by atoms with Gasteiger partial charge < -0.3 is 0 Å². The molecule has 0 heteroatoms. The molecule has 6 aromatic rings. The Morgan fingerprint density at radius 2 is 1.00 bits per heavy atom. The van der Waals surface area contributed by atoms with Gasteiger partial charge in [-0.1, -0.05) is 121 Å². The number of hydrogen-bond donors (Lipinski definition) is 0. The largest absolute Gasteiger partial charge is 0.0728 e. The van der Waals surface area contributed by atoms with Gasteiger partial charge in [0.15, 0.2) is 0 Å². The highest BCUT2D eigenvalue weighted by molar-refractivity contribution is 6.11. The summed E-state index contributed by atoms with van der Waals surface area (Å²) in [6.07, 6.45) is 0. The average Bonchev–Trinajstić information content (AvgIpc) is 3.42. The van der Waals surface area contributed by atoms with Gasteiger partial charge in [-0.3, -0.25) is 0 Å². The van der Waals surface area contributed by atoms with Gasteiger partial charge in [0.05, 0.1) is 5.41 Å². The Kier molecular flexibility index (Phi) is 4.88. The minimum Gasteiger partial charge on any atom is -0.0619 e. The summed E-state index contributed by atoms with van der Waals surface area (Å²) in [6, 6.07) is 47.8. The molecule has 0 nitrogen and oxygen atoms in total. The Hall–Kier alpha value is -4.68. The predicted molar refractivity (Wildman–Crippen MR) is 170 cm³/mol. The van der Waals surface area contributed by atoms with Gasteiger partial charge in [0.25, 0.3) is 0 Å². The van der Waals surface area contributed by atoms with Gasteiger partial charge in [-0.25, -0.2) is 0 Å². The second-order valence-electron chi connectivity index (χ2n) is 11.5. The van der Waals surface area contributed by atoms with E-state index in [0.29, 0.717) is 0 Å². The van der Waals surface area contributed by atoms with E-state index in [-0.39, 0.29) is 5.41 Å². The number of aryl methyl sites for hydroxylation is 2.